The second-order valence-corrected chi connectivity index (χ2v) is 6.36. The van der Waals surface area contributed by atoms with Gasteiger partial charge in [0.05, 0.1) is 0 Å². The van der Waals surface area contributed by atoms with Crippen molar-refractivity contribution in [2.24, 2.45) is 23.5 Å². The second kappa shape index (κ2) is 5.52. The molecule has 0 aromatic carbocycles. The lowest BCUT2D eigenvalue weighted by Gasteiger charge is -2.28. The first-order valence-corrected chi connectivity index (χ1v) is 7.63. The Bertz CT molecular complexity index is 485. The zero-order valence-corrected chi connectivity index (χ0v) is 12.0. The fraction of sp³-hybridized carbons (Fsp3) is 0.625. The highest BCUT2D eigenvalue weighted by molar-refractivity contribution is 5.92. The summed E-state index contributed by atoms with van der Waals surface area (Å²) in [6, 6.07) is 3.86. The van der Waals surface area contributed by atoms with Gasteiger partial charge in [0.25, 0.3) is 5.91 Å². The summed E-state index contributed by atoms with van der Waals surface area (Å²) in [7, 11) is 0. The van der Waals surface area contributed by atoms with Crippen molar-refractivity contribution in [1.29, 1.82) is 0 Å². The maximum absolute atomic E-state index is 12.2. The predicted molar refractivity (Wildman–Crippen MR) is 78.0 cm³/mol. The van der Waals surface area contributed by atoms with E-state index in [1.807, 2.05) is 6.07 Å². The number of amides is 1. The second-order valence-electron chi connectivity index (χ2n) is 6.36. The highest BCUT2D eigenvalue weighted by Gasteiger charge is 2.42. The van der Waals surface area contributed by atoms with Crippen LogP contribution in [-0.4, -0.2) is 16.9 Å². The lowest BCUT2D eigenvalue weighted by atomic mass is 9.84. The van der Waals surface area contributed by atoms with Gasteiger partial charge in [0.1, 0.15) is 5.69 Å². The largest absolute Gasteiger partial charge is 0.348 e. The Labute approximate surface area is 120 Å². The minimum atomic E-state index is -0.0659. The molecule has 1 heterocycles. The van der Waals surface area contributed by atoms with Crippen LogP contribution in [0.15, 0.2) is 18.3 Å². The van der Waals surface area contributed by atoms with E-state index in [9.17, 15) is 4.79 Å². The Morgan fingerprint density at radius 1 is 1.45 bits per heavy atom. The van der Waals surface area contributed by atoms with E-state index in [1.165, 1.54) is 25.7 Å². The van der Waals surface area contributed by atoms with Crippen LogP contribution in [0.3, 0.4) is 0 Å². The number of carbonyl (C=O) groups is 1. The molecule has 20 heavy (non-hydrogen) atoms. The van der Waals surface area contributed by atoms with Crippen molar-refractivity contribution in [3.8, 4) is 0 Å². The van der Waals surface area contributed by atoms with E-state index in [-0.39, 0.29) is 11.9 Å². The Morgan fingerprint density at radius 2 is 2.30 bits per heavy atom. The zero-order valence-electron chi connectivity index (χ0n) is 12.0. The van der Waals surface area contributed by atoms with Crippen LogP contribution in [0.2, 0.25) is 0 Å². The first kappa shape index (κ1) is 13.6. The summed E-state index contributed by atoms with van der Waals surface area (Å²) in [5, 5.41) is 3.13. The molecule has 108 valence electrons. The van der Waals surface area contributed by atoms with Crippen molar-refractivity contribution in [2.75, 3.05) is 0 Å². The Kier molecular flexibility index (Phi) is 3.74. The summed E-state index contributed by atoms with van der Waals surface area (Å²) in [5.41, 5.74) is 6.96. The third-order valence-corrected chi connectivity index (χ3v) is 5.09. The van der Waals surface area contributed by atoms with Gasteiger partial charge in [-0.15, -0.1) is 0 Å². The van der Waals surface area contributed by atoms with Crippen LogP contribution in [0.25, 0.3) is 0 Å². The van der Waals surface area contributed by atoms with Gasteiger partial charge in [-0.05, 0) is 55.6 Å². The van der Waals surface area contributed by atoms with Crippen LogP contribution >= 0.6 is 0 Å². The molecule has 4 atom stereocenters. The van der Waals surface area contributed by atoms with Gasteiger partial charge >= 0.3 is 0 Å². The number of pyridine rings is 1. The molecule has 2 fully saturated rings. The normalized spacial score (nSPS) is 29.4. The Hall–Kier alpha value is -1.42. The summed E-state index contributed by atoms with van der Waals surface area (Å²) in [5.74, 6) is 2.32. The summed E-state index contributed by atoms with van der Waals surface area (Å²) < 4.78 is 0. The third-order valence-electron chi connectivity index (χ3n) is 5.09. The van der Waals surface area contributed by atoms with Gasteiger partial charge in [0.2, 0.25) is 0 Å². The van der Waals surface area contributed by atoms with E-state index < -0.39 is 0 Å². The number of hydrogen-bond donors (Lipinski definition) is 2. The highest BCUT2D eigenvalue weighted by Crippen LogP contribution is 2.49. The van der Waals surface area contributed by atoms with Crippen LogP contribution in [-0.2, 0) is 6.54 Å². The van der Waals surface area contributed by atoms with E-state index in [0.29, 0.717) is 18.2 Å². The maximum atomic E-state index is 12.2. The molecule has 4 nitrogen and oxygen atoms in total. The predicted octanol–water partition coefficient (Wildman–Crippen LogP) is 2.09. The third kappa shape index (κ3) is 2.57. The molecule has 0 spiro atoms. The highest BCUT2D eigenvalue weighted by atomic mass is 16.1. The molecule has 3 N–H and O–H groups in total. The van der Waals surface area contributed by atoms with Crippen molar-refractivity contribution in [3.05, 3.63) is 29.6 Å². The molecular weight excluding hydrogens is 250 g/mol. The van der Waals surface area contributed by atoms with Crippen LogP contribution in [0.5, 0.6) is 0 Å². The van der Waals surface area contributed by atoms with E-state index >= 15 is 0 Å². The number of fused-ring (bicyclic) bond motifs is 2. The summed E-state index contributed by atoms with van der Waals surface area (Å²) in [4.78, 5) is 16.4. The molecule has 2 saturated carbocycles. The number of hydrogen-bond acceptors (Lipinski definition) is 3. The van der Waals surface area contributed by atoms with Crippen molar-refractivity contribution in [2.45, 2.75) is 45.2 Å². The van der Waals surface area contributed by atoms with Crippen LogP contribution in [0.1, 0.15) is 48.7 Å². The topological polar surface area (TPSA) is 68.0 Å². The van der Waals surface area contributed by atoms with E-state index in [1.54, 1.807) is 12.3 Å². The fourth-order valence-corrected chi connectivity index (χ4v) is 3.97. The van der Waals surface area contributed by atoms with Crippen molar-refractivity contribution >= 4 is 5.91 Å². The summed E-state index contributed by atoms with van der Waals surface area (Å²) in [6.07, 6.45) is 7.07. The molecule has 0 aliphatic heterocycles. The minimum Gasteiger partial charge on any atom is -0.348 e. The van der Waals surface area contributed by atoms with Crippen molar-refractivity contribution in [1.82, 2.24) is 10.3 Å². The van der Waals surface area contributed by atoms with E-state index in [4.69, 9.17) is 5.73 Å². The monoisotopic (exact) mass is 273 g/mol. The summed E-state index contributed by atoms with van der Waals surface area (Å²) in [6.45, 7) is 2.59. The molecular formula is C16H23N3O. The molecule has 1 aromatic rings. The lowest BCUT2D eigenvalue weighted by Crippen LogP contribution is -2.40. The van der Waals surface area contributed by atoms with Gasteiger partial charge in [-0.3, -0.25) is 9.78 Å². The molecule has 1 amide bonds. The number of nitrogens with two attached hydrogens (primary N) is 1. The number of aromatic nitrogens is 1. The zero-order chi connectivity index (χ0) is 14.1. The molecule has 2 aliphatic carbocycles. The first-order valence-electron chi connectivity index (χ1n) is 7.63. The molecule has 0 radical (unpaired) electrons. The van der Waals surface area contributed by atoms with Gasteiger partial charge in [0, 0.05) is 18.8 Å². The van der Waals surface area contributed by atoms with Gasteiger partial charge in [-0.2, -0.15) is 0 Å². The smallest absolute Gasteiger partial charge is 0.270 e. The standard InChI is InChI=1S/C16H23N3O/c1-10(14-7-11-2-4-13(14)6-11)19-16(20)15-5-3-12(8-17)9-18-15/h3,5,9-11,13-14H,2,4,6-8,17H2,1H3,(H,19,20). The van der Waals surface area contributed by atoms with Gasteiger partial charge in [-0.1, -0.05) is 12.5 Å². The van der Waals surface area contributed by atoms with Gasteiger partial charge < -0.3 is 11.1 Å². The quantitative estimate of drug-likeness (QED) is 0.882. The van der Waals surface area contributed by atoms with Crippen molar-refractivity contribution < 1.29 is 4.79 Å². The molecule has 1 aromatic heterocycles. The molecule has 4 unspecified atom stereocenters. The average Bonchev–Trinajstić information content (AvgIpc) is 3.10. The molecule has 3 rings (SSSR count). The number of carbonyl (C=O) groups excluding carboxylic acids is 1. The lowest BCUT2D eigenvalue weighted by molar-refractivity contribution is 0.0910. The molecule has 2 bridgehead atoms. The molecule has 0 saturated heterocycles. The molecule has 4 heteroatoms. The van der Waals surface area contributed by atoms with E-state index in [2.05, 4.69) is 17.2 Å². The maximum Gasteiger partial charge on any atom is 0.270 e. The van der Waals surface area contributed by atoms with E-state index in [0.717, 1.165) is 17.4 Å². The first-order chi connectivity index (χ1) is 9.67. The minimum absolute atomic E-state index is 0.0659. The fourth-order valence-electron chi connectivity index (χ4n) is 3.97. The average molecular weight is 273 g/mol. The number of rotatable bonds is 4. The van der Waals surface area contributed by atoms with Gasteiger partial charge in [-0.25, -0.2) is 0 Å². The van der Waals surface area contributed by atoms with Crippen LogP contribution < -0.4 is 11.1 Å². The molecule has 2 aliphatic rings. The number of nitrogens with zero attached hydrogens (tertiary/aromatic N) is 1. The Balaban J connectivity index is 1.60. The SMILES string of the molecule is CC(NC(=O)c1ccc(CN)cn1)C1CC2CCC1C2. The number of nitrogens with one attached hydrogen (secondary N) is 1. The van der Waals surface area contributed by atoms with Gasteiger partial charge in [0.15, 0.2) is 0 Å². The van der Waals surface area contributed by atoms with Crippen molar-refractivity contribution in [3.63, 3.8) is 0 Å². The van der Waals surface area contributed by atoms with Crippen LogP contribution in [0.4, 0.5) is 0 Å². The summed E-state index contributed by atoms with van der Waals surface area (Å²) >= 11 is 0. The van der Waals surface area contributed by atoms with Crippen LogP contribution in [0, 0.1) is 17.8 Å². The Morgan fingerprint density at radius 3 is 2.85 bits per heavy atom.